The fourth-order valence-electron chi connectivity index (χ4n) is 4.17. The highest BCUT2D eigenvalue weighted by Gasteiger charge is 2.35. The predicted octanol–water partition coefficient (Wildman–Crippen LogP) is 6.24. The molecule has 6 heteroatoms. The summed E-state index contributed by atoms with van der Waals surface area (Å²) in [6.45, 7) is 1.97. The number of fused-ring (bicyclic) bond motifs is 1. The molecule has 0 aliphatic carbocycles. The van der Waals surface area contributed by atoms with Crippen molar-refractivity contribution in [3.63, 3.8) is 0 Å². The monoisotopic (exact) mass is 459 g/mol. The lowest BCUT2D eigenvalue weighted by Gasteiger charge is -2.22. The van der Waals surface area contributed by atoms with E-state index in [0.717, 1.165) is 22.6 Å². The summed E-state index contributed by atoms with van der Waals surface area (Å²) in [4.78, 5) is 27.5. The summed E-state index contributed by atoms with van der Waals surface area (Å²) in [5.41, 5.74) is 4.87. The fraction of sp³-hybridized carbons (Fsp3) is 0.0690. The van der Waals surface area contributed by atoms with Gasteiger partial charge in [-0.3, -0.25) is 4.79 Å². The second-order valence-electron chi connectivity index (χ2n) is 8.22. The van der Waals surface area contributed by atoms with Gasteiger partial charge in [-0.15, -0.1) is 0 Å². The number of esters is 1. The van der Waals surface area contributed by atoms with E-state index in [1.807, 2.05) is 73.7 Å². The van der Waals surface area contributed by atoms with Crippen molar-refractivity contribution in [1.82, 2.24) is 0 Å². The lowest BCUT2D eigenvalue weighted by Crippen LogP contribution is -2.26. The Morgan fingerprint density at radius 2 is 1.60 bits per heavy atom. The number of nitrogens with zero attached hydrogens (tertiary/aromatic N) is 2. The first-order valence-electron chi connectivity index (χ1n) is 11.2. The maximum absolute atomic E-state index is 13.3. The Hall–Kier alpha value is -4.89. The Bertz CT molecular complexity index is 1440. The van der Waals surface area contributed by atoms with Gasteiger partial charge in [0, 0.05) is 22.6 Å². The van der Waals surface area contributed by atoms with Gasteiger partial charge in [0.1, 0.15) is 5.75 Å². The molecule has 1 atom stereocenters. The van der Waals surface area contributed by atoms with Gasteiger partial charge in [-0.1, -0.05) is 24.3 Å². The lowest BCUT2D eigenvalue weighted by atomic mass is 10.1. The maximum atomic E-state index is 13.3. The van der Waals surface area contributed by atoms with Gasteiger partial charge in [0.05, 0.1) is 23.2 Å². The van der Waals surface area contributed by atoms with Crippen LogP contribution in [0, 0.1) is 11.3 Å². The van der Waals surface area contributed by atoms with Crippen LogP contribution < -0.4 is 15.0 Å². The van der Waals surface area contributed by atoms with Crippen LogP contribution in [-0.4, -0.2) is 11.9 Å². The quantitative estimate of drug-likeness (QED) is 0.282. The Kier molecular flexibility index (Phi) is 5.74. The predicted molar refractivity (Wildman–Crippen MR) is 134 cm³/mol. The van der Waals surface area contributed by atoms with Crippen molar-refractivity contribution >= 4 is 28.9 Å². The highest BCUT2D eigenvalue weighted by Crippen LogP contribution is 2.39. The van der Waals surface area contributed by atoms with Gasteiger partial charge < -0.3 is 15.0 Å². The first kappa shape index (κ1) is 21.9. The number of ether oxygens (including phenoxy) is 1. The van der Waals surface area contributed by atoms with E-state index in [-0.39, 0.29) is 11.9 Å². The average Bonchev–Trinajstić information content (AvgIpc) is 3.14. The lowest BCUT2D eigenvalue weighted by molar-refractivity contribution is 0.0733. The highest BCUT2D eigenvalue weighted by molar-refractivity contribution is 6.11. The van der Waals surface area contributed by atoms with Gasteiger partial charge in [-0.05, 0) is 85.3 Å². The molecule has 6 nitrogen and oxygen atoms in total. The molecular formula is C29H21N3O3. The minimum absolute atomic E-state index is 0.146. The average molecular weight is 460 g/mol. The standard InChI is InChI=1S/C29H21N3O3/c1-19-26-16-15-25(35-29(34)21-9-7-20(18-30)8-10-21)17-27(26)28(33)32(19)24-13-11-23(12-14-24)31-22-5-3-2-4-6-22/h2-17,19,31H,1H3. The van der Waals surface area contributed by atoms with Crippen molar-refractivity contribution in [2.24, 2.45) is 0 Å². The van der Waals surface area contributed by atoms with E-state index >= 15 is 0 Å². The molecule has 1 amide bonds. The number of amides is 1. The van der Waals surface area contributed by atoms with Crippen molar-refractivity contribution in [3.8, 4) is 11.8 Å². The van der Waals surface area contributed by atoms with Crippen LogP contribution in [0.25, 0.3) is 0 Å². The molecule has 1 aliphatic heterocycles. The molecule has 1 aliphatic rings. The Labute approximate surface area is 203 Å². The number of carbonyl (C=O) groups is 2. The zero-order chi connectivity index (χ0) is 24.4. The highest BCUT2D eigenvalue weighted by atomic mass is 16.5. The van der Waals surface area contributed by atoms with Crippen LogP contribution >= 0.6 is 0 Å². The number of para-hydroxylation sites is 1. The summed E-state index contributed by atoms with van der Waals surface area (Å²) in [6.07, 6.45) is 0. The normalized spacial score (nSPS) is 14.2. The van der Waals surface area contributed by atoms with E-state index in [1.54, 1.807) is 41.3 Å². The molecule has 5 rings (SSSR count). The van der Waals surface area contributed by atoms with Gasteiger partial charge in [-0.25, -0.2) is 4.79 Å². The summed E-state index contributed by atoms with van der Waals surface area (Å²) in [7, 11) is 0. The Morgan fingerprint density at radius 3 is 2.29 bits per heavy atom. The summed E-state index contributed by atoms with van der Waals surface area (Å²) in [5, 5.41) is 12.2. The molecule has 0 aromatic heterocycles. The molecule has 1 N–H and O–H groups in total. The fourth-order valence-corrected chi connectivity index (χ4v) is 4.17. The number of benzene rings is 4. The summed E-state index contributed by atoms with van der Waals surface area (Å²) in [5.74, 6) is -0.401. The molecule has 0 bridgehead atoms. The van der Waals surface area contributed by atoms with Crippen LogP contribution in [0.1, 0.15) is 44.8 Å². The first-order valence-corrected chi connectivity index (χ1v) is 11.2. The molecule has 0 fully saturated rings. The van der Waals surface area contributed by atoms with Crippen LogP contribution in [0.4, 0.5) is 17.1 Å². The molecular weight excluding hydrogens is 438 g/mol. The summed E-state index contributed by atoms with van der Waals surface area (Å²) in [6, 6.07) is 30.8. The van der Waals surface area contributed by atoms with Gasteiger partial charge in [-0.2, -0.15) is 5.26 Å². The minimum atomic E-state index is -0.550. The Morgan fingerprint density at radius 1 is 0.914 bits per heavy atom. The number of rotatable bonds is 5. The number of hydrogen-bond acceptors (Lipinski definition) is 5. The Balaban J connectivity index is 1.33. The molecule has 4 aromatic rings. The van der Waals surface area contributed by atoms with E-state index in [9.17, 15) is 9.59 Å². The molecule has 0 radical (unpaired) electrons. The largest absolute Gasteiger partial charge is 0.423 e. The molecule has 170 valence electrons. The summed E-state index contributed by atoms with van der Waals surface area (Å²) < 4.78 is 5.50. The van der Waals surface area contributed by atoms with E-state index in [2.05, 4.69) is 5.32 Å². The van der Waals surface area contributed by atoms with E-state index in [0.29, 0.717) is 22.4 Å². The second-order valence-corrected chi connectivity index (χ2v) is 8.22. The van der Waals surface area contributed by atoms with Crippen molar-refractivity contribution in [3.05, 3.63) is 119 Å². The van der Waals surface area contributed by atoms with Crippen LogP contribution in [-0.2, 0) is 0 Å². The molecule has 1 heterocycles. The van der Waals surface area contributed by atoms with Crippen LogP contribution in [0.15, 0.2) is 97.1 Å². The van der Waals surface area contributed by atoms with Crippen molar-refractivity contribution < 1.29 is 14.3 Å². The minimum Gasteiger partial charge on any atom is -0.423 e. The van der Waals surface area contributed by atoms with E-state index in [1.165, 1.54) is 0 Å². The number of hydrogen-bond donors (Lipinski definition) is 1. The second kappa shape index (κ2) is 9.16. The maximum Gasteiger partial charge on any atom is 0.343 e. The number of carbonyl (C=O) groups excluding carboxylic acids is 2. The van der Waals surface area contributed by atoms with Crippen molar-refractivity contribution in [2.75, 3.05) is 10.2 Å². The van der Waals surface area contributed by atoms with Crippen LogP contribution in [0.5, 0.6) is 5.75 Å². The first-order chi connectivity index (χ1) is 17.0. The number of anilines is 3. The topological polar surface area (TPSA) is 82.4 Å². The number of nitriles is 1. The zero-order valence-electron chi connectivity index (χ0n) is 18.9. The van der Waals surface area contributed by atoms with Crippen molar-refractivity contribution in [2.45, 2.75) is 13.0 Å². The third-order valence-corrected chi connectivity index (χ3v) is 5.98. The van der Waals surface area contributed by atoms with Crippen LogP contribution in [0.3, 0.4) is 0 Å². The summed E-state index contributed by atoms with van der Waals surface area (Å²) >= 11 is 0. The van der Waals surface area contributed by atoms with E-state index < -0.39 is 5.97 Å². The molecule has 35 heavy (non-hydrogen) atoms. The molecule has 0 saturated heterocycles. The van der Waals surface area contributed by atoms with Gasteiger partial charge in [0.25, 0.3) is 5.91 Å². The molecule has 0 saturated carbocycles. The SMILES string of the molecule is CC1c2ccc(OC(=O)c3ccc(C#N)cc3)cc2C(=O)N1c1ccc(Nc2ccccc2)cc1. The van der Waals surface area contributed by atoms with Crippen LogP contribution in [0.2, 0.25) is 0 Å². The van der Waals surface area contributed by atoms with Crippen molar-refractivity contribution in [1.29, 1.82) is 5.26 Å². The molecule has 0 spiro atoms. The number of nitrogens with one attached hydrogen (secondary N) is 1. The molecule has 1 unspecified atom stereocenters. The third kappa shape index (κ3) is 4.35. The van der Waals surface area contributed by atoms with E-state index in [4.69, 9.17) is 10.00 Å². The third-order valence-electron chi connectivity index (χ3n) is 5.98. The smallest absolute Gasteiger partial charge is 0.343 e. The molecule has 4 aromatic carbocycles. The van der Waals surface area contributed by atoms with Gasteiger partial charge in [0.2, 0.25) is 0 Å². The zero-order valence-corrected chi connectivity index (χ0v) is 18.9. The van der Waals surface area contributed by atoms with Gasteiger partial charge in [0.15, 0.2) is 0 Å². The van der Waals surface area contributed by atoms with Gasteiger partial charge >= 0.3 is 5.97 Å².